The van der Waals surface area contributed by atoms with Gasteiger partial charge in [0.25, 0.3) is 0 Å². The van der Waals surface area contributed by atoms with Crippen molar-refractivity contribution < 1.29 is 4.74 Å². The van der Waals surface area contributed by atoms with Crippen molar-refractivity contribution in [3.05, 3.63) is 59.4 Å². The Morgan fingerprint density at radius 3 is 3.05 bits per heavy atom. The van der Waals surface area contributed by atoms with Gasteiger partial charge < -0.3 is 4.74 Å². The van der Waals surface area contributed by atoms with Gasteiger partial charge in [0.1, 0.15) is 5.76 Å². The van der Waals surface area contributed by atoms with E-state index in [1.54, 1.807) is 0 Å². The van der Waals surface area contributed by atoms with Crippen LogP contribution < -0.4 is 0 Å². The van der Waals surface area contributed by atoms with E-state index in [-0.39, 0.29) is 0 Å². The normalized spacial score (nSPS) is 16.4. The molecule has 0 unspecified atom stereocenters. The Morgan fingerprint density at radius 2 is 2.35 bits per heavy atom. The molecule has 1 aliphatic rings. The van der Waals surface area contributed by atoms with Gasteiger partial charge in [0.05, 0.1) is 0 Å². The molecule has 0 aromatic heterocycles. The fourth-order valence-corrected chi connectivity index (χ4v) is 1.79. The Kier molecular flexibility index (Phi) is 7.74. The molecule has 0 aromatic carbocycles. The second kappa shape index (κ2) is 9.38. The minimum Gasteiger partial charge on any atom is -0.444 e. The van der Waals surface area contributed by atoms with E-state index in [1.807, 2.05) is 44.2 Å². The van der Waals surface area contributed by atoms with E-state index in [1.165, 1.54) is 5.57 Å². The topological polar surface area (TPSA) is 21.6 Å². The van der Waals surface area contributed by atoms with Gasteiger partial charge in [0, 0.05) is 24.4 Å². The van der Waals surface area contributed by atoms with E-state index in [9.17, 15) is 0 Å². The lowest BCUT2D eigenvalue weighted by Crippen LogP contribution is -2.04. The van der Waals surface area contributed by atoms with E-state index >= 15 is 0 Å². The molecule has 0 aromatic rings. The fraction of sp³-hybridized carbons (Fsp3) is 0.353. The van der Waals surface area contributed by atoms with Gasteiger partial charge in [-0.3, -0.25) is 4.99 Å². The number of hydrogen-bond donors (Lipinski definition) is 0. The minimum atomic E-state index is 0.693. The van der Waals surface area contributed by atoms with E-state index in [0.29, 0.717) is 6.42 Å². The van der Waals surface area contributed by atoms with Gasteiger partial charge in [0.15, 0.2) is 5.90 Å². The second-order valence-electron chi connectivity index (χ2n) is 4.44. The van der Waals surface area contributed by atoms with Crippen LogP contribution in [0.3, 0.4) is 0 Å². The van der Waals surface area contributed by atoms with Crippen LogP contribution >= 0.6 is 11.6 Å². The summed E-state index contributed by atoms with van der Waals surface area (Å²) in [6, 6.07) is 0. The molecule has 3 heteroatoms. The largest absolute Gasteiger partial charge is 0.444 e. The highest BCUT2D eigenvalue weighted by molar-refractivity contribution is 6.29. The maximum atomic E-state index is 5.98. The van der Waals surface area contributed by atoms with Crippen LogP contribution in [0, 0.1) is 0 Å². The van der Waals surface area contributed by atoms with Crippen molar-refractivity contribution >= 4 is 17.5 Å². The van der Waals surface area contributed by atoms with Crippen LogP contribution in [-0.4, -0.2) is 12.4 Å². The van der Waals surface area contributed by atoms with Crippen LogP contribution in [-0.2, 0) is 4.74 Å². The second-order valence-corrected chi connectivity index (χ2v) is 4.93. The Balaban J connectivity index is 2.60. The summed E-state index contributed by atoms with van der Waals surface area (Å²) >= 11 is 5.98. The zero-order valence-corrected chi connectivity index (χ0v) is 13.0. The molecule has 2 nitrogen and oxygen atoms in total. The maximum absolute atomic E-state index is 5.98. The zero-order valence-electron chi connectivity index (χ0n) is 12.2. The molecule has 0 spiro atoms. The quantitative estimate of drug-likeness (QED) is 0.370. The average molecular weight is 292 g/mol. The molecule has 0 aliphatic heterocycles. The number of allylic oxidation sites excluding steroid dienone is 8. The molecule has 1 rings (SSSR count). The van der Waals surface area contributed by atoms with Gasteiger partial charge in [-0.25, -0.2) is 0 Å². The van der Waals surface area contributed by atoms with Crippen molar-refractivity contribution in [3.8, 4) is 0 Å². The molecule has 108 valence electrons. The van der Waals surface area contributed by atoms with Gasteiger partial charge in [-0.15, -0.1) is 0 Å². The van der Waals surface area contributed by atoms with E-state index < -0.39 is 0 Å². The van der Waals surface area contributed by atoms with Crippen molar-refractivity contribution in [2.45, 2.75) is 33.1 Å². The van der Waals surface area contributed by atoms with Crippen molar-refractivity contribution in [2.24, 2.45) is 4.99 Å². The molecule has 0 radical (unpaired) electrons. The van der Waals surface area contributed by atoms with E-state index in [2.05, 4.69) is 17.6 Å². The van der Waals surface area contributed by atoms with Gasteiger partial charge in [-0.2, -0.15) is 0 Å². The summed E-state index contributed by atoms with van der Waals surface area (Å²) in [7, 11) is 0. The first kappa shape index (κ1) is 16.5. The molecule has 0 heterocycles. The predicted octanol–water partition coefficient (Wildman–Crippen LogP) is 5.30. The maximum Gasteiger partial charge on any atom is 0.190 e. The molecule has 0 saturated heterocycles. The first-order valence-electron chi connectivity index (χ1n) is 6.89. The summed E-state index contributed by atoms with van der Waals surface area (Å²) in [5.74, 6) is 1.56. The van der Waals surface area contributed by atoms with Crippen molar-refractivity contribution in [2.75, 3.05) is 6.54 Å². The first-order chi connectivity index (χ1) is 9.65. The van der Waals surface area contributed by atoms with Crippen LogP contribution in [0.2, 0.25) is 0 Å². The SMILES string of the molecule is C=CC(C)=CCCC(=NCC)OC1=CCC(Cl)=CC=C1. The Morgan fingerprint density at radius 1 is 1.55 bits per heavy atom. The summed E-state index contributed by atoms with van der Waals surface area (Å²) in [6.07, 6.45) is 14.0. The molecule has 0 fully saturated rings. The third-order valence-corrected chi connectivity index (χ3v) is 3.03. The molecular weight excluding hydrogens is 270 g/mol. The number of halogens is 1. The molecule has 0 N–H and O–H groups in total. The third kappa shape index (κ3) is 6.58. The predicted molar refractivity (Wildman–Crippen MR) is 88.0 cm³/mol. The minimum absolute atomic E-state index is 0.693. The highest BCUT2D eigenvalue weighted by Gasteiger charge is 2.04. The van der Waals surface area contributed by atoms with Crippen LogP contribution in [0.25, 0.3) is 0 Å². The Labute approximate surface area is 126 Å². The van der Waals surface area contributed by atoms with Gasteiger partial charge in [-0.05, 0) is 38.5 Å². The standard InChI is InChI=1S/C17H22ClNO/c1-4-14(3)8-6-11-17(19-5-2)20-16-10-7-9-15(18)12-13-16/h4,7-10,13H,1,5-6,11-12H2,2-3H3. The summed E-state index contributed by atoms with van der Waals surface area (Å²) in [6.45, 7) is 8.50. The van der Waals surface area contributed by atoms with Crippen molar-refractivity contribution in [1.29, 1.82) is 0 Å². The zero-order chi connectivity index (χ0) is 14.8. The number of ether oxygens (including phenoxy) is 1. The summed E-state index contributed by atoms with van der Waals surface area (Å²) in [5, 5.41) is 0.804. The summed E-state index contributed by atoms with van der Waals surface area (Å²) < 4.78 is 5.85. The molecule has 0 saturated carbocycles. The van der Waals surface area contributed by atoms with Crippen LogP contribution in [0.5, 0.6) is 0 Å². The molecule has 1 aliphatic carbocycles. The van der Waals surface area contributed by atoms with Crippen molar-refractivity contribution in [3.63, 3.8) is 0 Å². The number of rotatable bonds is 6. The van der Waals surface area contributed by atoms with Gasteiger partial charge in [-0.1, -0.05) is 42.0 Å². The Hall–Kier alpha value is -1.54. The lowest BCUT2D eigenvalue weighted by molar-refractivity contribution is 0.416. The highest BCUT2D eigenvalue weighted by Crippen LogP contribution is 2.16. The lowest BCUT2D eigenvalue weighted by Gasteiger charge is -2.08. The number of nitrogens with zero attached hydrogens (tertiary/aromatic N) is 1. The smallest absolute Gasteiger partial charge is 0.190 e. The highest BCUT2D eigenvalue weighted by atomic mass is 35.5. The van der Waals surface area contributed by atoms with Crippen LogP contribution in [0.4, 0.5) is 0 Å². The fourth-order valence-electron chi connectivity index (χ4n) is 1.64. The van der Waals surface area contributed by atoms with Gasteiger partial charge >= 0.3 is 0 Å². The molecule has 20 heavy (non-hydrogen) atoms. The molecule has 0 atom stereocenters. The average Bonchev–Trinajstić information content (AvgIpc) is 2.63. The number of aliphatic imine (C=N–C) groups is 1. The van der Waals surface area contributed by atoms with Crippen LogP contribution in [0.1, 0.15) is 33.1 Å². The van der Waals surface area contributed by atoms with E-state index in [0.717, 1.165) is 36.1 Å². The van der Waals surface area contributed by atoms with E-state index in [4.69, 9.17) is 16.3 Å². The summed E-state index contributed by atoms with van der Waals surface area (Å²) in [5.41, 5.74) is 1.17. The molecular formula is C17H22ClNO. The monoisotopic (exact) mass is 291 g/mol. The number of hydrogen-bond acceptors (Lipinski definition) is 2. The first-order valence-corrected chi connectivity index (χ1v) is 7.26. The van der Waals surface area contributed by atoms with Crippen molar-refractivity contribution in [1.82, 2.24) is 0 Å². The Bertz CT molecular complexity index is 481. The summed E-state index contributed by atoms with van der Waals surface area (Å²) in [4.78, 5) is 4.41. The van der Waals surface area contributed by atoms with Gasteiger partial charge in [0.2, 0.25) is 0 Å². The lowest BCUT2D eigenvalue weighted by atomic mass is 10.2. The molecule has 0 amide bonds. The van der Waals surface area contributed by atoms with Crippen LogP contribution in [0.15, 0.2) is 64.4 Å². The molecule has 0 bridgehead atoms. The third-order valence-electron chi connectivity index (χ3n) is 2.75.